The molecule has 1 radical (unpaired) electrons. The molecule has 0 heterocycles. The average molecular weight is 127 g/mol. The summed E-state index contributed by atoms with van der Waals surface area (Å²) in [5.41, 5.74) is 0. The van der Waals surface area contributed by atoms with Crippen LogP contribution in [0.1, 0.15) is 0 Å². The van der Waals surface area contributed by atoms with Gasteiger partial charge in [0.25, 0.3) is 0 Å². The molecule has 0 rings (SSSR count). The first kappa shape index (κ1) is 15.7. The fraction of sp³-hybridized carbons (Fsp3) is 0. The second kappa shape index (κ2) is 4.52. The van der Waals surface area contributed by atoms with E-state index in [0.29, 0.717) is 0 Å². The van der Waals surface area contributed by atoms with Crippen LogP contribution in [0.2, 0.25) is 0 Å². The Morgan fingerprint density at radius 1 is 1.43 bits per heavy atom. The van der Waals surface area contributed by atoms with Crippen molar-refractivity contribution in [3.8, 4) is 0 Å². The van der Waals surface area contributed by atoms with Crippen LogP contribution in [0.3, 0.4) is 0 Å². The Kier molecular flexibility index (Phi) is 10.1. The molecule has 0 fully saturated rings. The molecule has 1 N–H and O–H groups in total. The van der Waals surface area contributed by atoms with Crippen molar-refractivity contribution in [3.05, 3.63) is 0 Å². The maximum Gasteiger partial charge on any atom is 0.435 e. The molecule has 0 saturated carbocycles. The summed E-state index contributed by atoms with van der Waals surface area (Å²) in [6.07, 6.45) is 0. The van der Waals surface area contributed by atoms with E-state index in [-0.39, 0.29) is 23.6 Å². The first-order valence-electron chi connectivity index (χ1n) is 0.670. The minimum absolute atomic E-state index is 0. The van der Waals surface area contributed by atoms with Gasteiger partial charge < -0.3 is 0 Å². The number of hydrogen-bond donors (Lipinski definition) is 1. The third kappa shape index (κ3) is 900. The van der Waals surface area contributed by atoms with Crippen LogP contribution >= 0.6 is 0 Å². The zero-order valence-electron chi connectivity index (χ0n) is 3.46. The summed E-state index contributed by atoms with van der Waals surface area (Å²) >= 11 is 0. The molecule has 0 aliphatic heterocycles. The second-order valence-electron chi connectivity index (χ2n) is 0.412. The smallest absolute Gasteiger partial charge is 0.269 e. The Morgan fingerprint density at radius 3 is 1.43 bits per heavy atom. The molecule has 0 saturated heterocycles. The van der Waals surface area contributed by atoms with Crippen molar-refractivity contribution in [2.75, 3.05) is 0 Å². The van der Waals surface area contributed by atoms with Crippen LogP contribution in [0.4, 0.5) is 8.59 Å². The number of halogens is 2. The van der Waals surface area contributed by atoms with Crippen LogP contribution in [-0.4, -0.2) is 31.8 Å². The summed E-state index contributed by atoms with van der Waals surface area (Å²) < 4.78 is 34.1. The maximum absolute atomic E-state index is 10.2. The second-order valence-corrected chi connectivity index (χ2v) is 1.24. The molecule has 41 valence electrons. The van der Waals surface area contributed by atoms with Crippen molar-refractivity contribution in [2.45, 2.75) is 0 Å². The van der Waals surface area contributed by atoms with Crippen molar-refractivity contribution in [3.63, 3.8) is 0 Å². The van der Waals surface area contributed by atoms with Crippen LogP contribution in [-0.2, 0) is 10.5 Å². The largest absolute Gasteiger partial charge is 0.435 e. The third-order valence-corrected chi connectivity index (χ3v) is 0. The summed E-state index contributed by atoms with van der Waals surface area (Å²) in [6.45, 7) is 0. The molecule has 0 aliphatic carbocycles. The fourth-order valence-electron chi connectivity index (χ4n) is 0. The Bertz CT molecular complexity index is 96.1. The van der Waals surface area contributed by atoms with Crippen molar-refractivity contribution in [2.24, 2.45) is 0 Å². The van der Waals surface area contributed by atoms with E-state index < -0.39 is 10.5 Å². The Morgan fingerprint density at radius 2 is 1.43 bits per heavy atom. The van der Waals surface area contributed by atoms with Gasteiger partial charge in [0.15, 0.2) is 0 Å². The van der Waals surface area contributed by atoms with Crippen molar-refractivity contribution in [1.82, 2.24) is 0 Å². The molecule has 0 aromatic heterocycles. The van der Waals surface area contributed by atoms with Crippen molar-refractivity contribution in [1.29, 1.82) is 0 Å². The zero-order chi connectivity index (χ0) is 4.50. The summed E-state index contributed by atoms with van der Waals surface area (Å²) in [5, 5.41) is 0. The van der Waals surface area contributed by atoms with E-state index >= 15 is 0 Å². The van der Waals surface area contributed by atoms with Crippen molar-refractivity contribution >= 4 is 29.4 Å². The maximum atomic E-state index is 10.2. The molecule has 0 atom stereocenters. The zero-order valence-corrected chi connectivity index (χ0v) is 4.27. The Balaban J connectivity index is -0.0000000800. The number of rotatable bonds is 0. The Labute approximate surface area is 51.5 Å². The summed E-state index contributed by atoms with van der Waals surface area (Å²) in [4.78, 5) is 0. The van der Waals surface area contributed by atoms with Crippen LogP contribution < -0.4 is 0 Å². The van der Waals surface area contributed by atoms with Crippen molar-refractivity contribution < 1.29 is 21.6 Å². The molecule has 3 nitrogen and oxygen atoms in total. The van der Waals surface area contributed by atoms with Gasteiger partial charge in [-0.25, -0.2) is 0 Å². The van der Waals surface area contributed by atoms with Gasteiger partial charge >= 0.3 is 10.5 Å². The predicted molar refractivity (Wildman–Crippen MR) is 20.9 cm³/mol. The monoisotopic (exact) mass is 127 g/mol. The van der Waals surface area contributed by atoms with Crippen LogP contribution in [0, 0.1) is 0 Å². The molecule has 0 aromatic carbocycles. The molecule has 0 aromatic rings. The predicted octanol–water partition coefficient (Wildman–Crippen LogP) is -0.470. The SMILES string of the molecule is F.O=S(=O)(O)F.[Li]. The van der Waals surface area contributed by atoms with E-state index in [0.717, 1.165) is 0 Å². The minimum Gasteiger partial charge on any atom is -0.269 e. The van der Waals surface area contributed by atoms with Crippen LogP contribution in [0.15, 0.2) is 0 Å². The van der Waals surface area contributed by atoms with E-state index in [1.54, 1.807) is 0 Å². The van der Waals surface area contributed by atoms with E-state index in [4.69, 9.17) is 13.0 Å². The van der Waals surface area contributed by atoms with Crippen LogP contribution in [0.25, 0.3) is 0 Å². The molecule has 7 heavy (non-hydrogen) atoms. The molecular weight excluding hydrogens is 125 g/mol. The van der Waals surface area contributed by atoms with Gasteiger partial charge in [-0.2, -0.15) is 8.42 Å². The number of hydrogen-bond acceptors (Lipinski definition) is 2. The molecule has 7 heteroatoms. The third-order valence-electron chi connectivity index (χ3n) is 0. The first-order valence-corrected chi connectivity index (χ1v) is 2.01. The quantitative estimate of drug-likeness (QED) is 0.272. The van der Waals surface area contributed by atoms with Gasteiger partial charge in [0.1, 0.15) is 0 Å². The van der Waals surface area contributed by atoms with Gasteiger partial charge in [0.2, 0.25) is 0 Å². The molecule has 0 bridgehead atoms. The van der Waals surface area contributed by atoms with Crippen LogP contribution in [0.5, 0.6) is 0 Å². The van der Waals surface area contributed by atoms with E-state index in [1.165, 1.54) is 0 Å². The standard InChI is InChI=1S/FHO3S.FH.Li/c1-5(2,3)4;;/h(H,2,3,4);1H;. The normalized spacial score (nSPS) is 8.29. The average Bonchev–Trinajstić information content (AvgIpc) is 0.722. The van der Waals surface area contributed by atoms with Gasteiger partial charge in [0.05, 0.1) is 0 Å². The van der Waals surface area contributed by atoms with Gasteiger partial charge in [-0.3, -0.25) is 9.26 Å². The molecular formula is H2F2LiO3S. The molecule has 0 unspecified atom stereocenters. The van der Waals surface area contributed by atoms with E-state index in [9.17, 15) is 3.89 Å². The van der Waals surface area contributed by atoms with Gasteiger partial charge in [-0.05, 0) is 0 Å². The van der Waals surface area contributed by atoms with E-state index in [2.05, 4.69) is 0 Å². The van der Waals surface area contributed by atoms with E-state index in [1.807, 2.05) is 0 Å². The molecule has 0 amide bonds. The van der Waals surface area contributed by atoms with Gasteiger partial charge in [-0.15, -0.1) is 0 Å². The minimum atomic E-state index is -5.17. The molecule has 0 spiro atoms. The fourth-order valence-corrected chi connectivity index (χ4v) is 0. The van der Waals surface area contributed by atoms with Gasteiger partial charge in [-0.1, -0.05) is 3.89 Å². The Hall–Kier alpha value is 0.367. The topological polar surface area (TPSA) is 54.4 Å². The van der Waals surface area contributed by atoms with Gasteiger partial charge in [0, 0.05) is 18.9 Å². The molecule has 0 aliphatic rings. The first-order chi connectivity index (χ1) is 2.00. The summed E-state index contributed by atoms with van der Waals surface area (Å²) in [6, 6.07) is 0. The summed E-state index contributed by atoms with van der Waals surface area (Å²) in [5.74, 6) is 0. The summed E-state index contributed by atoms with van der Waals surface area (Å²) in [7, 11) is -5.17.